The third kappa shape index (κ3) is 4.34. The Morgan fingerprint density at radius 3 is 2.67 bits per heavy atom. The first-order chi connectivity index (χ1) is 13.9. The molecule has 2 fully saturated rings. The minimum Gasteiger partial charge on any atom is -0.369 e. The van der Waals surface area contributed by atoms with E-state index in [0.717, 1.165) is 6.07 Å². The Labute approximate surface area is 175 Å². The minimum absolute atomic E-state index is 0.160. The van der Waals surface area contributed by atoms with Gasteiger partial charge in [0.2, 0.25) is 5.91 Å². The number of halogens is 5. The van der Waals surface area contributed by atoms with Crippen LogP contribution in [-0.4, -0.2) is 54.4 Å². The first-order valence-corrected chi connectivity index (χ1v) is 9.80. The summed E-state index contributed by atoms with van der Waals surface area (Å²) in [6, 6.07) is 3.19. The lowest BCUT2D eigenvalue weighted by atomic mass is 9.62. The Morgan fingerprint density at radius 2 is 2.10 bits per heavy atom. The van der Waals surface area contributed by atoms with Crippen LogP contribution in [0.1, 0.15) is 31.2 Å². The van der Waals surface area contributed by atoms with E-state index in [-0.39, 0.29) is 36.9 Å². The highest BCUT2D eigenvalue weighted by Gasteiger charge is 2.55. The van der Waals surface area contributed by atoms with E-state index >= 15 is 0 Å². The van der Waals surface area contributed by atoms with Crippen LogP contribution in [0, 0.1) is 11.7 Å². The number of nitrogens with two attached hydrogens (primary N) is 1. The fourth-order valence-corrected chi connectivity index (χ4v) is 4.64. The van der Waals surface area contributed by atoms with Gasteiger partial charge in [0.15, 0.2) is 0 Å². The van der Waals surface area contributed by atoms with E-state index in [0.29, 0.717) is 5.56 Å². The Hall–Kier alpha value is -2.07. The van der Waals surface area contributed by atoms with E-state index in [9.17, 15) is 27.2 Å². The van der Waals surface area contributed by atoms with Crippen LogP contribution in [0.4, 0.5) is 22.4 Å². The molecule has 1 saturated carbocycles. The van der Waals surface area contributed by atoms with Crippen molar-refractivity contribution in [2.24, 2.45) is 11.7 Å². The minimum atomic E-state index is -4.44. The molecule has 166 valence electrons. The lowest BCUT2D eigenvalue weighted by Crippen LogP contribution is -2.69. The molecule has 30 heavy (non-hydrogen) atoms. The first kappa shape index (κ1) is 22.6. The standard InChI is InChI=1S/C19H22ClF4N3O3/c1-18(16(28)26-4-5-27(18)17(25)29)15(10-2-3-14(21)13(20)8-10)11-6-12(7-11)30-9-19(22,23)24/h2-3,8,11-12,15H,4-7,9H2,1H3,(H2,25,29)(H,26,28)/t11?,12?,15-,18?/m0/s1. The van der Waals surface area contributed by atoms with Gasteiger partial charge in [0, 0.05) is 19.0 Å². The number of nitrogens with one attached hydrogen (secondary N) is 1. The van der Waals surface area contributed by atoms with Crippen molar-refractivity contribution < 1.29 is 31.9 Å². The molecule has 3 amide bonds. The molecule has 3 N–H and O–H groups in total. The van der Waals surface area contributed by atoms with E-state index in [2.05, 4.69) is 5.32 Å². The topological polar surface area (TPSA) is 84.7 Å². The van der Waals surface area contributed by atoms with Gasteiger partial charge in [-0.3, -0.25) is 4.79 Å². The number of carbonyl (C=O) groups is 2. The zero-order chi connectivity index (χ0) is 22.3. The summed E-state index contributed by atoms with van der Waals surface area (Å²) in [6.45, 7) is 0.584. The molecule has 1 heterocycles. The fourth-order valence-electron chi connectivity index (χ4n) is 4.45. The number of piperazine rings is 1. The zero-order valence-electron chi connectivity index (χ0n) is 16.1. The number of hydrogen-bond donors (Lipinski definition) is 2. The largest absolute Gasteiger partial charge is 0.411 e. The third-order valence-corrected chi connectivity index (χ3v) is 6.19. The van der Waals surface area contributed by atoms with Gasteiger partial charge in [0.05, 0.1) is 11.1 Å². The van der Waals surface area contributed by atoms with Gasteiger partial charge in [-0.2, -0.15) is 13.2 Å². The van der Waals surface area contributed by atoms with Gasteiger partial charge >= 0.3 is 12.2 Å². The van der Waals surface area contributed by atoms with E-state index in [1.807, 2.05) is 0 Å². The van der Waals surface area contributed by atoms with Crippen LogP contribution >= 0.6 is 11.6 Å². The average molecular weight is 452 g/mol. The molecule has 1 aromatic rings. The second-order valence-electron chi connectivity index (χ2n) is 7.82. The summed E-state index contributed by atoms with van der Waals surface area (Å²) in [5.41, 5.74) is 4.60. The fraction of sp³-hybridized carbons (Fsp3) is 0.579. The summed E-state index contributed by atoms with van der Waals surface area (Å²) in [5, 5.41) is 2.56. The number of primary amides is 1. The van der Waals surface area contributed by atoms with Crippen LogP contribution in [0.3, 0.4) is 0 Å². The van der Waals surface area contributed by atoms with Crippen molar-refractivity contribution >= 4 is 23.5 Å². The van der Waals surface area contributed by atoms with Gasteiger partial charge in [0.25, 0.3) is 0 Å². The highest BCUT2D eigenvalue weighted by Crippen LogP contribution is 2.49. The van der Waals surface area contributed by atoms with Crippen LogP contribution in [0.5, 0.6) is 0 Å². The molecule has 2 atom stereocenters. The van der Waals surface area contributed by atoms with Crippen LogP contribution < -0.4 is 11.1 Å². The van der Waals surface area contributed by atoms with Crippen molar-refractivity contribution in [1.29, 1.82) is 0 Å². The predicted octanol–water partition coefficient (Wildman–Crippen LogP) is 3.19. The molecule has 3 rings (SSSR count). The highest BCUT2D eigenvalue weighted by molar-refractivity contribution is 6.30. The molecule has 1 aliphatic heterocycles. The number of alkyl halides is 3. The number of urea groups is 1. The normalized spacial score (nSPS) is 27.9. The average Bonchev–Trinajstić information content (AvgIpc) is 2.60. The molecule has 1 aliphatic carbocycles. The van der Waals surface area contributed by atoms with Crippen molar-refractivity contribution in [3.05, 3.63) is 34.6 Å². The van der Waals surface area contributed by atoms with Gasteiger partial charge < -0.3 is 20.7 Å². The van der Waals surface area contributed by atoms with Crippen molar-refractivity contribution in [2.45, 2.75) is 43.5 Å². The molecule has 0 radical (unpaired) electrons. The van der Waals surface area contributed by atoms with Gasteiger partial charge in [0.1, 0.15) is 18.0 Å². The van der Waals surface area contributed by atoms with E-state index < -0.39 is 48.1 Å². The molecule has 0 spiro atoms. The molecule has 1 aromatic carbocycles. The van der Waals surface area contributed by atoms with Gasteiger partial charge in [-0.15, -0.1) is 0 Å². The Kier molecular flexibility index (Phi) is 6.20. The van der Waals surface area contributed by atoms with Crippen molar-refractivity contribution in [3.8, 4) is 0 Å². The summed E-state index contributed by atoms with van der Waals surface area (Å²) in [7, 11) is 0. The number of carbonyl (C=O) groups excluding carboxylic acids is 2. The number of ether oxygens (including phenoxy) is 1. The van der Waals surface area contributed by atoms with Crippen molar-refractivity contribution in [3.63, 3.8) is 0 Å². The quantitative estimate of drug-likeness (QED) is 0.674. The van der Waals surface area contributed by atoms with Crippen LogP contribution in [-0.2, 0) is 9.53 Å². The number of hydrogen-bond acceptors (Lipinski definition) is 3. The molecule has 1 unspecified atom stereocenters. The van der Waals surface area contributed by atoms with Crippen LogP contribution in [0.25, 0.3) is 0 Å². The Morgan fingerprint density at radius 1 is 1.43 bits per heavy atom. The van der Waals surface area contributed by atoms with Crippen LogP contribution in [0.2, 0.25) is 5.02 Å². The van der Waals surface area contributed by atoms with Gasteiger partial charge in [-0.25, -0.2) is 9.18 Å². The number of benzene rings is 1. The van der Waals surface area contributed by atoms with Crippen LogP contribution in [0.15, 0.2) is 18.2 Å². The van der Waals surface area contributed by atoms with E-state index in [1.165, 1.54) is 17.0 Å². The monoisotopic (exact) mass is 451 g/mol. The number of amides is 3. The molecule has 2 aliphatic rings. The lowest BCUT2D eigenvalue weighted by molar-refractivity contribution is -0.199. The van der Waals surface area contributed by atoms with Gasteiger partial charge in [-0.1, -0.05) is 17.7 Å². The van der Waals surface area contributed by atoms with E-state index in [4.69, 9.17) is 22.1 Å². The summed E-state index contributed by atoms with van der Waals surface area (Å²) in [6.07, 6.45) is -4.59. The van der Waals surface area contributed by atoms with Crippen molar-refractivity contribution in [2.75, 3.05) is 19.7 Å². The number of rotatable bonds is 5. The molecule has 0 aromatic heterocycles. The molecule has 0 bridgehead atoms. The predicted molar refractivity (Wildman–Crippen MR) is 100 cm³/mol. The highest BCUT2D eigenvalue weighted by atomic mass is 35.5. The summed E-state index contributed by atoms with van der Waals surface area (Å²) in [4.78, 5) is 26.3. The molecule has 11 heteroatoms. The second kappa shape index (κ2) is 8.22. The maximum atomic E-state index is 13.7. The second-order valence-corrected chi connectivity index (χ2v) is 8.23. The Bertz CT molecular complexity index is 832. The summed E-state index contributed by atoms with van der Waals surface area (Å²) < 4.78 is 55.9. The molecular weight excluding hydrogens is 430 g/mol. The number of nitrogens with zero attached hydrogens (tertiary/aromatic N) is 1. The zero-order valence-corrected chi connectivity index (χ0v) is 16.9. The third-order valence-electron chi connectivity index (χ3n) is 5.90. The molecular formula is C19H22ClF4N3O3. The maximum absolute atomic E-state index is 13.7. The smallest absolute Gasteiger partial charge is 0.369 e. The SMILES string of the molecule is CC1([C@@H](c2ccc(F)c(Cl)c2)C2CC(OCC(F)(F)F)C2)C(=O)NCCN1C(N)=O. The lowest BCUT2D eigenvalue weighted by Gasteiger charge is -2.52. The van der Waals surface area contributed by atoms with Gasteiger partial charge in [-0.05, 0) is 43.4 Å². The molecule has 1 saturated heterocycles. The van der Waals surface area contributed by atoms with E-state index in [1.54, 1.807) is 6.92 Å². The summed E-state index contributed by atoms with van der Waals surface area (Å²) >= 11 is 5.94. The maximum Gasteiger partial charge on any atom is 0.411 e. The van der Waals surface area contributed by atoms with Crippen molar-refractivity contribution in [1.82, 2.24) is 10.2 Å². The summed E-state index contributed by atoms with van der Waals surface area (Å²) in [5.74, 6) is -2.07. The first-order valence-electron chi connectivity index (χ1n) is 9.42. The Balaban J connectivity index is 1.93. The molecule has 6 nitrogen and oxygen atoms in total.